The van der Waals surface area contributed by atoms with Crippen LogP contribution in [0.5, 0.6) is 0 Å². The fraction of sp³-hybridized carbons (Fsp3) is 0.800. The smallest absolute Gasteiger partial charge is 0.222 e. The number of carbonyl (C=O) groups excluding carboxylic acids is 1. The number of hydrogen-bond acceptors (Lipinski definition) is 2. The molecule has 0 radical (unpaired) electrons. The minimum Gasteiger partial charge on any atom is -0.342 e. The van der Waals surface area contributed by atoms with Crippen LogP contribution in [0.15, 0.2) is 6.20 Å². The second-order valence-corrected chi connectivity index (χ2v) is 8.42. The van der Waals surface area contributed by atoms with Crippen LogP contribution in [0.25, 0.3) is 0 Å². The number of aromatic nitrogens is 2. The third-order valence-corrected chi connectivity index (χ3v) is 6.32. The van der Waals surface area contributed by atoms with Gasteiger partial charge in [-0.3, -0.25) is 4.79 Å². The number of hydrogen-bond donors (Lipinski definition) is 0. The number of amides is 1. The van der Waals surface area contributed by atoms with Gasteiger partial charge in [0.1, 0.15) is 5.82 Å². The molecular formula is C20H31N3O. The highest BCUT2D eigenvalue weighted by Crippen LogP contribution is 2.32. The van der Waals surface area contributed by atoms with Crippen molar-refractivity contribution < 1.29 is 4.79 Å². The Morgan fingerprint density at radius 2 is 1.92 bits per heavy atom. The van der Waals surface area contributed by atoms with Crippen molar-refractivity contribution in [2.75, 3.05) is 13.1 Å². The van der Waals surface area contributed by atoms with E-state index in [2.05, 4.69) is 21.4 Å². The first-order valence-corrected chi connectivity index (χ1v) is 9.98. The minimum absolute atomic E-state index is 0.405. The van der Waals surface area contributed by atoms with Gasteiger partial charge in [0.2, 0.25) is 5.91 Å². The van der Waals surface area contributed by atoms with E-state index in [0.29, 0.717) is 17.7 Å². The zero-order valence-corrected chi connectivity index (χ0v) is 15.0. The third-order valence-electron chi connectivity index (χ3n) is 6.32. The third kappa shape index (κ3) is 3.68. The van der Waals surface area contributed by atoms with Gasteiger partial charge in [0.15, 0.2) is 0 Å². The standard InChI is InChI=1S/C20H31N3O/c1-15-12-21-19(23(15)14-17-6-7-17)10-18-8-9-22(13-18)20(24)11-16-4-2-3-5-16/h12,16-18H,2-11,13-14H2,1H3. The van der Waals surface area contributed by atoms with E-state index in [-0.39, 0.29) is 0 Å². The first kappa shape index (κ1) is 16.2. The molecule has 4 nitrogen and oxygen atoms in total. The van der Waals surface area contributed by atoms with E-state index < -0.39 is 0 Å². The molecular weight excluding hydrogens is 298 g/mol. The summed E-state index contributed by atoms with van der Waals surface area (Å²) in [4.78, 5) is 19.3. The number of carbonyl (C=O) groups is 1. The summed E-state index contributed by atoms with van der Waals surface area (Å²) < 4.78 is 2.43. The number of likely N-dealkylation sites (tertiary alicyclic amines) is 1. The van der Waals surface area contributed by atoms with Crippen LogP contribution in [0.2, 0.25) is 0 Å². The van der Waals surface area contributed by atoms with Gasteiger partial charge in [-0.15, -0.1) is 0 Å². The second kappa shape index (κ2) is 6.89. The molecule has 1 aliphatic heterocycles. The minimum atomic E-state index is 0.405. The van der Waals surface area contributed by atoms with Gasteiger partial charge in [0.05, 0.1) is 0 Å². The summed E-state index contributed by atoms with van der Waals surface area (Å²) in [5.74, 6) is 3.79. The maximum Gasteiger partial charge on any atom is 0.222 e. The van der Waals surface area contributed by atoms with Crippen molar-refractivity contribution in [2.45, 2.75) is 71.3 Å². The summed E-state index contributed by atoms with van der Waals surface area (Å²) in [5.41, 5.74) is 1.30. The predicted octanol–water partition coefficient (Wildman–Crippen LogP) is 3.57. The molecule has 4 rings (SSSR count). The Morgan fingerprint density at radius 3 is 2.67 bits per heavy atom. The van der Waals surface area contributed by atoms with Gasteiger partial charge < -0.3 is 9.47 Å². The van der Waals surface area contributed by atoms with Crippen molar-refractivity contribution in [1.29, 1.82) is 0 Å². The Balaban J connectivity index is 1.31. The van der Waals surface area contributed by atoms with E-state index in [1.54, 1.807) is 0 Å². The number of imidazole rings is 1. The summed E-state index contributed by atoms with van der Waals surface area (Å²) >= 11 is 0. The molecule has 24 heavy (non-hydrogen) atoms. The highest BCUT2D eigenvalue weighted by Gasteiger charge is 2.30. The molecule has 2 saturated carbocycles. The fourth-order valence-electron chi connectivity index (χ4n) is 4.56. The van der Waals surface area contributed by atoms with Gasteiger partial charge >= 0.3 is 0 Å². The molecule has 1 atom stereocenters. The molecule has 0 bridgehead atoms. The molecule has 1 amide bonds. The average molecular weight is 329 g/mol. The van der Waals surface area contributed by atoms with Crippen molar-refractivity contribution >= 4 is 5.91 Å². The number of nitrogens with zero attached hydrogens (tertiary/aromatic N) is 3. The summed E-state index contributed by atoms with van der Waals surface area (Å²) in [7, 11) is 0. The SMILES string of the molecule is Cc1cnc(CC2CCN(C(=O)CC3CCCC3)C2)n1CC1CC1. The van der Waals surface area contributed by atoms with Crippen molar-refractivity contribution in [1.82, 2.24) is 14.5 Å². The maximum absolute atomic E-state index is 12.5. The van der Waals surface area contributed by atoms with Gasteiger partial charge in [-0.1, -0.05) is 12.8 Å². The molecule has 2 heterocycles. The highest BCUT2D eigenvalue weighted by atomic mass is 16.2. The maximum atomic E-state index is 12.5. The molecule has 1 aromatic rings. The lowest BCUT2D eigenvalue weighted by Crippen LogP contribution is -2.30. The highest BCUT2D eigenvalue weighted by molar-refractivity contribution is 5.76. The van der Waals surface area contributed by atoms with Crippen molar-refractivity contribution in [2.24, 2.45) is 17.8 Å². The first-order chi connectivity index (χ1) is 11.7. The van der Waals surface area contributed by atoms with Crippen molar-refractivity contribution in [3.8, 4) is 0 Å². The molecule has 3 aliphatic rings. The molecule has 132 valence electrons. The molecule has 0 aromatic carbocycles. The van der Waals surface area contributed by atoms with Gasteiger partial charge in [-0.2, -0.15) is 0 Å². The van der Waals surface area contributed by atoms with Crippen LogP contribution in [0.1, 0.15) is 62.9 Å². The lowest BCUT2D eigenvalue weighted by atomic mass is 10.0. The summed E-state index contributed by atoms with van der Waals surface area (Å²) in [5, 5.41) is 0. The van der Waals surface area contributed by atoms with Crippen LogP contribution < -0.4 is 0 Å². The molecule has 2 aliphatic carbocycles. The lowest BCUT2D eigenvalue weighted by Gasteiger charge is -2.19. The Labute approximate surface area is 145 Å². The normalized spacial score (nSPS) is 24.9. The second-order valence-electron chi connectivity index (χ2n) is 8.42. The Hall–Kier alpha value is -1.32. The molecule has 0 N–H and O–H groups in total. The van der Waals surface area contributed by atoms with Gasteiger partial charge in [-0.25, -0.2) is 4.98 Å². The van der Waals surface area contributed by atoms with Gasteiger partial charge in [0.25, 0.3) is 0 Å². The largest absolute Gasteiger partial charge is 0.342 e. The van der Waals surface area contributed by atoms with E-state index in [1.165, 1.54) is 50.0 Å². The number of rotatable bonds is 6. The predicted molar refractivity (Wildman–Crippen MR) is 94.7 cm³/mol. The summed E-state index contributed by atoms with van der Waals surface area (Å²) in [6.07, 6.45) is 12.9. The van der Waals surface area contributed by atoms with Crippen LogP contribution in [0.4, 0.5) is 0 Å². The van der Waals surface area contributed by atoms with E-state index >= 15 is 0 Å². The first-order valence-electron chi connectivity index (χ1n) is 9.98. The molecule has 4 heteroatoms. The number of aryl methyl sites for hydroxylation is 1. The monoisotopic (exact) mass is 329 g/mol. The van der Waals surface area contributed by atoms with E-state index in [1.807, 2.05) is 6.20 Å². The lowest BCUT2D eigenvalue weighted by molar-refractivity contribution is -0.131. The Bertz CT molecular complexity index is 584. The molecule has 3 fully saturated rings. The fourth-order valence-corrected chi connectivity index (χ4v) is 4.56. The quantitative estimate of drug-likeness (QED) is 0.800. The summed E-state index contributed by atoms with van der Waals surface area (Å²) in [6.45, 7) is 5.22. The molecule has 0 spiro atoms. The molecule has 1 saturated heterocycles. The van der Waals surface area contributed by atoms with Gasteiger partial charge in [0, 0.05) is 44.4 Å². The van der Waals surface area contributed by atoms with Crippen LogP contribution >= 0.6 is 0 Å². The van der Waals surface area contributed by atoms with E-state index in [9.17, 15) is 4.79 Å². The zero-order valence-electron chi connectivity index (χ0n) is 15.0. The van der Waals surface area contributed by atoms with Crippen molar-refractivity contribution in [3.63, 3.8) is 0 Å². The topological polar surface area (TPSA) is 38.1 Å². The molecule has 1 aromatic heterocycles. The Kier molecular flexibility index (Phi) is 4.64. The summed E-state index contributed by atoms with van der Waals surface area (Å²) in [6, 6.07) is 0. The van der Waals surface area contributed by atoms with Crippen LogP contribution in [-0.2, 0) is 17.8 Å². The molecule has 1 unspecified atom stereocenters. The van der Waals surface area contributed by atoms with Gasteiger partial charge in [-0.05, 0) is 56.8 Å². The van der Waals surface area contributed by atoms with Crippen molar-refractivity contribution in [3.05, 3.63) is 17.7 Å². The van der Waals surface area contributed by atoms with Crippen LogP contribution in [0, 0.1) is 24.7 Å². The van der Waals surface area contributed by atoms with E-state index in [4.69, 9.17) is 0 Å². The van der Waals surface area contributed by atoms with E-state index in [0.717, 1.165) is 44.8 Å². The average Bonchev–Trinajstić information content (AvgIpc) is 2.95. The Morgan fingerprint density at radius 1 is 1.12 bits per heavy atom. The van der Waals surface area contributed by atoms with Crippen LogP contribution in [0.3, 0.4) is 0 Å². The zero-order chi connectivity index (χ0) is 16.5. The van der Waals surface area contributed by atoms with Crippen LogP contribution in [-0.4, -0.2) is 33.4 Å².